The maximum atomic E-state index is 14.0. The second-order valence-electron chi connectivity index (χ2n) is 7.80. The monoisotopic (exact) mass is 506 g/mol. The predicted molar refractivity (Wildman–Crippen MR) is 116 cm³/mol. The minimum atomic E-state index is -4.87. The van der Waals surface area contributed by atoms with Crippen LogP contribution in [0.15, 0.2) is 48.7 Å². The minimum absolute atomic E-state index is 0.0169. The number of alkyl halides is 3. The molecule has 1 atom stereocenters. The fraction of sp³-hybridized carbons (Fsp3) is 0.0870. The fourth-order valence-corrected chi connectivity index (χ4v) is 4.31. The van der Waals surface area contributed by atoms with Crippen LogP contribution in [0.3, 0.4) is 0 Å². The summed E-state index contributed by atoms with van der Waals surface area (Å²) >= 11 is 6.25. The highest BCUT2D eigenvalue weighted by Gasteiger charge is 2.37. The van der Waals surface area contributed by atoms with Gasteiger partial charge < -0.3 is 10.6 Å². The molecule has 1 unspecified atom stereocenters. The molecule has 3 N–H and O–H groups in total. The van der Waals surface area contributed by atoms with E-state index in [0.717, 1.165) is 12.1 Å². The topological polar surface area (TPSA) is 86.9 Å². The van der Waals surface area contributed by atoms with Crippen LogP contribution < -0.4 is 10.6 Å². The number of amides is 2. The Morgan fingerprint density at radius 1 is 1.06 bits per heavy atom. The van der Waals surface area contributed by atoms with Gasteiger partial charge in [0.15, 0.2) is 0 Å². The Bertz CT molecular complexity index is 1530. The van der Waals surface area contributed by atoms with Crippen molar-refractivity contribution in [3.8, 4) is 0 Å². The number of fused-ring (bicyclic) bond motifs is 3. The average molecular weight is 507 g/mol. The number of halogens is 6. The number of aromatic nitrogens is 2. The first-order valence-electron chi connectivity index (χ1n) is 9.98. The van der Waals surface area contributed by atoms with Gasteiger partial charge in [0.2, 0.25) is 0 Å². The number of H-pyrrole nitrogens is 1. The van der Waals surface area contributed by atoms with E-state index >= 15 is 0 Å². The molecule has 0 radical (unpaired) electrons. The van der Waals surface area contributed by atoms with Crippen molar-refractivity contribution < 1.29 is 31.5 Å². The number of hydrogen-bond acceptors (Lipinski definition) is 3. The summed E-state index contributed by atoms with van der Waals surface area (Å²) in [5, 5.41) is 12.2. The van der Waals surface area contributed by atoms with Gasteiger partial charge in [-0.2, -0.15) is 18.3 Å². The van der Waals surface area contributed by atoms with E-state index in [1.165, 1.54) is 18.3 Å². The molecule has 4 aromatic rings. The highest BCUT2D eigenvalue weighted by molar-refractivity contribution is 6.31. The molecule has 3 aromatic carbocycles. The van der Waals surface area contributed by atoms with E-state index < -0.39 is 46.8 Å². The largest absolute Gasteiger partial charge is 0.416 e. The van der Waals surface area contributed by atoms with Gasteiger partial charge in [-0.3, -0.25) is 14.7 Å². The van der Waals surface area contributed by atoms with Gasteiger partial charge in [-0.05, 0) is 42.5 Å². The van der Waals surface area contributed by atoms with Gasteiger partial charge in [0.25, 0.3) is 11.8 Å². The molecule has 12 heteroatoms. The third-order valence-electron chi connectivity index (χ3n) is 5.58. The Morgan fingerprint density at radius 2 is 1.83 bits per heavy atom. The number of anilines is 1. The summed E-state index contributed by atoms with van der Waals surface area (Å²) in [6, 6.07) is 5.43. The van der Waals surface area contributed by atoms with Gasteiger partial charge >= 0.3 is 6.18 Å². The fourth-order valence-electron chi connectivity index (χ4n) is 4.08. The van der Waals surface area contributed by atoms with E-state index in [0.29, 0.717) is 23.0 Å². The second kappa shape index (κ2) is 8.05. The molecule has 1 aliphatic rings. The Hall–Kier alpha value is -3.99. The summed E-state index contributed by atoms with van der Waals surface area (Å²) < 4.78 is 67.2. The van der Waals surface area contributed by atoms with Crippen LogP contribution >= 0.6 is 11.6 Å². The number of nitrogens with one attached hydrogen (secondary N) is 3. The maximum Gasteiger partial charge on any atom is 0.416 e. The van der Waals surface area contributed by atoms with Crippen LogP contribution in [-0.2, 0) is 6.18 Å². The molecule has 0 bridgehead atoms. The molecule has 6 nitrogen and oxygen atoms in total. The van der Waals surface area contributed by atoms with Gasteiger partial charge in [0, 0.05) is 32.8 Å². The minimum Gasteiger partial charge on any atom is -0.341 e. The van der Waals surface area contributed by atoms with Gasteiger partial charge in [0.1, 0.15) is 11.6 Å². The summed E-state index contributed by atoms with van der Waals surface area (Å²) in [7, 11) is 0. The van der Waals surface area contributed by atoms with Gasteiger partial charge in [-0.15, -0.1) is 0 Å². The highest BCUT2D eigenvalue weighted by Crippen LogP contribution is 2.42. The van der Waals surface area contributed by atoms with Gasteiger partial charge in [-0.25, -0.2) is 8.78 Å². The molecule has 0 spiro atoms. The number of aromatic amines is 1. The number of hydrogen-bond donors (Lipinski definition) is 3. The SMILES string of the molecule is O=C(Nc1cc2[nH]ncc2c2c1C(c1cc(F)ccc1Cl)NC2=O)c1cc(F)cc(C(F)(F)F)c1. The van der Waals surface area contributed by atoms with Crippen LogP contribution in [0.25, 0.3) is 10.9 Å². The van der Waals surface area contributed by atoms with Crippen LogP contribution in [0.4, 0.5) is 27.6 Å². The average Bonchev–Trinajstić information content (AvgIpc) is 3.38. The molecule has 0 saturated carbocycles. The van der Waals surface area contributed by atoms with Crippen molar-refractivity contribution in [1.29, 1.82) is 0 Å². The molecule has 1 aliphatic heterocycles. The van der Waals surface area contributed by atoms with E-state index in [2.05, 4.69) is 20.8 Å². The Kier molecular flexibility index (Phi) is 5.24. The normalized spacial score (nSPS) is 15.3. The summed E-state index contributed by atoms with van der Waals surface area (Å²) in [5.41, 5.74) is -1.04. The summed E-state index contributed by atoms with van der Waals surface area (Å²) in [6.07, 6.45) is -3.49. The van der Waals surface area contributed by atoms with Crippen molar-refractivity contribution in [1.82, 2.24) is 15.5 Å². The molecule has 2 amide bonds. The molecule has 2 heterocycles. The van der Waals surface area contributed by atoms with E-state index in [-0.39, 0.29) is 33.5 Å². The van der Waals surface area contributed by atoms with Crippen LogP contribution in [0.1, 0.15) is 43.4 Å². The Labute approximate surface area is 198 Å². The Morgan fingerprint density at radius 3 is 2.57 bits per heavy atom. The smallest absolute Gasteiger partial charge is 0.341 e. The predicted octanol–water partition coefficient (Wildman–Crippen LogP) is 5.60. The van der Waals surface area contributed by atoms with Crippen molar-refractivity contribution in [3.05, 3.63) is 93.1 Å². The number of rotatable bonds is 3. The zero-order valence-corrected chi connectivity index (χ0v) is 18.0. The van der Waals surface area contributed by atoms with Crippen LogP contribution in [0.5, 0.6) is 0 Å². The summed E-state index contributed by atoms with van der Waals surface area (Å²) in [6.45, 7) is 0. The third-order valence-corrected chi connectivity index (χ3v) is 5.93. The van der Waals surface area contributed by atoms with E-state index in [1.54, 1.807) is 0 Å². The zero-order chi connectivity index (χ0) is 25.1. The molecule has 0 fully saturated rings. The molecule has 5 rings (SSSR count). The van der Waals surface area contributed by atoms with Crippen molar-refractivity contribution in [3.63, 3.8) is 0 Å². The molecule has 1 aromatic heterocycles. The van der Waals surface area contributed by atoms with Crippen molar-refractivity contribution >= 4 is 40.0 Å². The van der Waals surface area contributed by atoms with Crippen LogP contribution in [0, 0.1) is 11.6 Å². The molecule has 178 valence electrons. The summed E-state index contributed by atoms with van der Waals surface area (Å²) in [5.74, 6) is -3.49. The maximum absolute atomic E-state index is 14.0. The standard InChI is InChI=1S/C23H12ClF5N4O2/c24-15-2-1-11(25)6-13(15)20-19-17(7-16-14(8-30-33-16)18(19)22(35)32-20)31-21(34)9-3-10(23(27,28)29)5-12(26)4-9/h1-8,20H,(H,30,33)(H,31,34)(H,32,35). The second-order valence-corrected chi connectivity index (χ2v) is 8.20. The molecular formula is C23H12ClF5N4O2. The zero-order valence-electron chi connectivity index (χ0n) is 17.2. The molecule has 0 aliphatic carbocycles. The van der Waals surface area contributed by atoms with Crippen LogP contribution in [0.2, 0.25) is 5.02 Å². The van der Waals surface area contributed by atoms with Crippen molar-refractivity contribution in [2.24, 2.45) is 0 Å². The van der Waals surface area contributed by atoms with Gasteiger partial charge in [-0.1, -0.05) is 11.6 Å². The lowest BCUT2D eigenvalue weighted by Crippen LogP contribution is -2.21. The number of carbonyl (C=O) groups excluding carboxylic acids is 2. The summed E-state index contributed by atoms with van der Waals surface area (Å²) in [4.78, 5) is 25.8. The first-order valence-corrected chi connectivity index (χ1v) is 10.4. The third kappa shape index (κ3) is 3.97. The molecular weight excluding hydrogens is 495 g/mol. The lowest BCUT2D eigenvalue weighted by atomic mass is 9.94. The van der Waals surface area contributed by atoms with E-state index in [4.69, 9.17) is 11.6 Å². The molecule has 0 saturated heterocycles. The van der Waals surface area contributed by atoms with Crippen molar-refractivity contribution in [2.45, 2.75) is 12.2 Å². The lowest BCUT2D eigenvalue weighted by molar-refractivity contribution is -0.137. The highest BCUT2D eigenvalue weighted by atomic mass is 35.5. The van der Waals surface area contributed by atoms with Crippen LogP contribution in [-0.4, -0.2) is 22.0 Å². The quantitative estimate of drug-likeness (QED) is 0.316. The number of carbonyl (C=O) groups is 2. The number of benzene rings is 3. The molecule has 35 heavy (non-hydrogen) atoms. The number of nitrogens with zero attached hydrogens (tertiary/aromatic N) is 1. The lowest BCUT2D eigenvalue weighted by Gasteiger charge is -2.18. The van der Waals surface area contributed by atoms with E-state index in [1.807, 2.05) is 0 Å². The van der Waals surface area contributed by atoms with Crippen molar-refractivity contribution in [2.75, 3.05) is 5.32 Å². The van der Waals surface area contributed by atoms with Gasteiger partial charge in [0.05, 0.1) is 28.9 Å². The Balaban J connectivity index is 1.65. The first kappa shape index (κ1) is 22.8. The first-order chi connectivity index (χ1) is 16.5. The van der Waals surface area contributed by atoms with E-state index in [9.17, 15) is 31.5 Å².